The van der Waals surface area contributed by atoms with E-state index in [1.165, 1.54) is 6.08 Å². The van der Waals surface area contributed by atoms with E-state index in [0.717, 1.165) is 11.1 Å². The summed E-state index contributed by atoms with van der Waals surface area (Å²) in [6.07, 6.45) is 5.92. The Morgan fingerprint density at radius 3 is 2.86 bits per heavy atom. The number of aliphatic hydroxyl groups is 1. The summed E-state index contributed by atoms with van der Waals surface area (Å²) < 4.78 is 0. The first-order chi connectivity index (χ1) is 6.69. The molecule has 2 nitrogen and oxygen atoms in total. The number of hydrogen-bond acceptors (Lipinski definition) is 2. The van der Waals surface area contributed by atoms with Crippen LogP contribution in [0.2, 0.25) is 0 Å². The molecule has 0 bridgehead atoms. The summed E-state index contributed by atoms with van der Waals surface area (Å²) in [5.41, 5.74) is 7.35. The van der Waals surface area contributed by atoms with Crippen molar-refractivity contribution in [3.63, 3.8) is 0 Å². The van der Waals surface area contributed by atoms with E-state index in [0.29, 0.717) is 0 Å². The molecule has 1 rings (SSSR count). The molecular weight excluding hydrogens is 174 g/mol. The minimum atomic E-state index is -0.747. The topological polar surface area (TPSA) is 46.2 Å². The summed E-state index contributed by atoms with van der Waals surface area (Å²) >= 11 is 0. The molecule has 0 heterocycles. The molecule has 2 atom stereocenters. The maximum Gasteiger partial charge on any atom is 0.0910 e. The van der Waals surface area contributed by atoms with Crippen LogP contribution in [0.4, 0.5) is 0 Å². The van der Waals surface area contributed by atoms with Gasteiger partial charge < -0.3 is 10.8 Å². The highest BCUT2D eigenvalue weighted by Gasteiger charge is 2.13. The molecule has 0 aromatic heterocycles. The summed E-state index contributed by atoms with van der Waals surface area (Å²) in [5.74, 6) is 2.52. The maximum absolute atomic E-state index is 9.45. The van der Waals surface area contributed by atoms with Gasteiger partial charge in [-0.1, -0.05) is 24.1 Å². The van der Waals surface area contributed by atoms with E-state index in [9.17, 15) is 5.11 Å². The Bertz CT molecular complexity index is 365. The van der Waals surface area contributed by atoms with Gasteiger partial charge in [-0.2, -0.15) is 0 Å². The molecule has 0 aliphatic rings. The highest BCUT2D eigenvalue weighted by atomic mass is 16.3. The maximum atomic E-state index is 9.45. The molecule has 1 aromatic rings. The van der Waals surface area contributed by atoms with Gasteiger partial charge in [0.15, 0.2) is 0 Å². The number of rotatable bonds is 3. The van der Waals surface area contributed by atoms with Crippen LogP contribution < -0.4 is 5.73 Å². The van der Waals surface area contributed by atoms with Gasteiger partial charge in [0, 0.05) is 5.56 Å². The Kier molecular flexibility index (Phi) is 3.47. The lowest BCUT2D eigenvalue weighted by Gasteiger charge is -2.15. The Morgan fingerprint density at radius 2 is 2.29 bits per heavy atom. The van der Waals surface area contributed by atoms with Gasteiger partial charge in [-0.25, -0.2) is 0 Å². The number of nitrogens with two attached hydrogens (primary N) is 1. The summed E-state index contributed by atoms with van der Waals surface area (Å²) in [7, 11) is 0. The molecule has 0 amide bonds. The minimum absolute atomic E-state index is 0.471. The molecule has 0 saturated heterocycles. The summed E-state index contributed by atoms with van der Waals surface area (Å²) in [4.78, 5) is 0. The first-order valence-corrected chi connectivity index (χ1v) is 4.32. The van der Waals surface area contributed by atoms with Gasteiger partial charge >= 0.3 is 0 Å². The van der Waals surface area contributed by atoms with E-state index < -0.39 is 12.1 Å². The quantitative estimate of drug-likeness (QED) is 0.552. The summed E-state index contributed by atoms with van der Waals surface area (Å²) in [5, 5.41) is 9.45. The number of terminal acetylenes is 1. The average molecular weight is 187 g/mol. The van der Waals surface area contributed by atoms with Crippen molar-refractivity contribution in [2.75, 3.05) is 0 Å². The molecule has 14 heavy (non-hydrogen) atoms. The number of hydrogen-bond donors (Lipinski definition) is 2. The van der Waals surface area contributed by atoms with Gasteiger partial charge in [0.1, 0.15) is 0 Å². The molecule has 0 radical (unpaired) electrons. The van der Waals surface area contributed by atoms with Crippen LogP contribution in [0.1, 0.15) is 17.2 Å². The fraction of sp³-hybridized carbons (Fsp3) is 0.167. The van der Waals surface area contributed by atoms with Gasteiger partial charge in [-0.15, -0.1) is 13.0 Å². The lowest BCUT2D eigenvalue weighted by molar-refractivity contribution is 0.192. The predicted molar refractivity (Wildman–Crippen MR) is 57.5 cm³/mol. The van der Waals surface area contributed by atoms with Gasteiger partial charge in [0.05, 0.1) is 12.1 Å². The fourth-order valence-electron chi connectivity index (χ4n) is 1.18. The third-order valence-corrected chi connectivity index (χ3v) is 2.05. The third kappa shape index (κ3) is 2.23. The van der Waals surface area contributed by atoms with Crippen LogP contribution in [0.5, 0.6) is 0 Å². The Balaban J connectivity index is 2.96. The van der Waals surface area contributed by atoms with E-state index >= 15 is 0 Å². The zero-order valence-corrected chi connectivity index (χ0v) is 7.85. The van der Waals surface area contributed by atoms with Gasteiger partial charge in [-0.3, -0.25) is 0 Å². The molecule has 0 spiro atoms. The van der Waals surface area contributed by atoms with E-state index in [2.05, 4.69) is 12.5 Å². The van der Waals surface area contributed by atoms with Crippen molar-refractivity contribution in [3.8, 4) is 12.3 Å². The summed E-state index contributed by atoms with van der Waals surface area (Å²) in [6, 6.07) is 6.78. The van der Waals surface area contributed by atoms with Crippen molar-refractivity contribution >= 4 is 0 Å². The van der Waals surface area contributed by atoms with Crippen LogP contribution in [0.3, 0.4) is 0 Å². The van der Waals surface area contributed by atoms with Crippen molar-refractivity contribution < 1.29 is 5.11 Å². The second-order valence-electron chi connectivity index (χ2n) is 3.02. The Labute approximate surface area is 84.1 Å². The van der Waals surface area contributed by atoms with Crippen LogP contribution in [-0.2, 0) is 0 Å². The standard InChI is InChI=1S/C12H13NO/c1-3-9-6-5-7-10(8-9)12(13)11(14)4-2/h1,4-8,11-12,14H,2,13H2/t11-,12+/m1/s1. The lowest BCUT2D eigenvalue weighted by atomic mass is 10.0. The smallest absolute Gasteiger partial charge is 0.0910 e. The predicted octanol–water partition coefficient (Wildman–Crippen LogP) is 1.21. The third-order valence-electron chi connectivity index (χ3n) is 2.05. The molecule has 0 saturated carbocycles. The molecule has 1 aromatic carbocycles. The second-order valence-corrected chi connectivity index (χ2v) is 3.02. The van der Waals surface area contributed by atoms with Gasteiger partial charge in [0.2, 0.25) is 0 Å². The van der Waals surface area contributed by atoms with Gasteiger partial charge in [-0.05, 0) is 17.7 Å². The van der Waals surface area contributed by atoms with Crippen LogP contribution in [-0.4, -0.2) is 11.2 Å². The first-order valence-electron chi connectivity index (χ1n) is 4.32. The highest BCUT2D eigenvalue weighted by Crippen LogP contribution is 2.15. The van der Waals surface area contributed by atoms with Crippen molar-refractivity contribution in [3.05, 3.63) is 48.0 Å². The Hall–Kier alpha value is -1.56. The van der Waals surface area contributed by atoms with Crippen LogP contribution in [0.25, 0.3) is 0 Å². The zero-order chi connectivity index (χ0) is 10.6. The molecule has 0 aliphatic carbocycles. The molecule has 0 aliphatic heterocycles. The largest absolute Gasteiger partial charge is 0.387 e. The molecular formula is C12H13NO. The average Bonchev–Trinajstić information content (AvgIpc) is 2.27. The second kappa shape index (κ2) is 4.61. The molecule has 3 N–H and O–H groups in total. The lowest BCUT2D eigenvalue weighted by Crippen LogP contribution is -2.24. The number of aliphatic hydroxyl groups excluding tert-OH is 1. The van der Waals surface area contributed by atoms with E-state index in [-0.39, 0.29) is 0 Å². The van der Waals surface area contributed by atoms with Crippen LogP contribution in [0, 0.1) is 12.3 Å². The summed E-state index contributed by atoms with van der Waals surface area (Å²) in [6.45, 7) is 3.48. The first kappa shape index (κ1) is 10.5. The monoisotopic (exact) mass is 187 g/mol. The molecule has 0 fully saturated rings. The van der Waals surface area contributed by atoms with Crippen molar-refractivity contribution in [2.45, 2.75) is 12.1 Å². The molecule has 0 unspecified atom stereocenters. The normalized spacial score (nSPS) is 14.1. The highest BCUT2D eigenvalue weighted by molar-refractivity contribution is 5.36. The minimum Gasteiger partial charge on any atom is -0.387 e. The van der Waals surface area contributed by atoms with Crippen molar-refractivity contribution in [1.82, 2.24) is 0 Å². The van der Waals surface area contributed by atoms with Crippen molar-refractivity contribution in [1.29, 1.82) is 0 Å². The van der Waals surface area contributed by atoms with Crippen molar-refractivity contribution in [2.24, 2.45) is 5.73 Å². The van der Waals surface area contributed by atoms with Gasteiger partial charge in [0.25, 0.3) is 0 Å². The zero-order valence-electron chi connectivity index (χ0n) is 7.85. The SMILES string of the molecule is C#Cc1cccc([C@H](N)[C@H](O)C=C)c1. The van der Waals surface area contributed by atoms with Crippen LogP contribution in [0.15, 0.2) is 36.9 Å². The van der Waals surface area contributed by atoms with E-state index in [4.69, 9.17) is 12.2 Å². The van der Waals surface area contributed by atoms with Crippen LogP contribution >= 0.6 is 0 Å². The molecule has 72 valence electrons. The van der Waals surface area contributed by atoms with E-state index in [1.54, 1.807) is 6.07 Å². The molecule has 2 heteroatoms. The Morgan fingerprint density at radius 1 is 1.57 bits per heavy atom. The van der Waals surface area contributed by atoms with E-state index in [1.807, 2.05) is 18.2 Å². The fourth-order valence-corrected chi connectivity index (χ4v) is 1.18. The number of benzene rings is 1.